The van der Waals surface area contributed by atoms with Gasteiger partial charge in [-0.25, -0.2) is 4.98 Å². The fourth-order valence-electron chi connectivity index (χ4n) is 3.19. The van der Waals surface area contributed by atoms with Crippen LogP contribution < -0.4 is 11.1 Å². The highest BCUT2D eigenvalue weighted by Gasteiger charge is 2.35. The Balaban J connectivity index is 1.54. The smallest absolute Gasteiger partial charge is 0.244 e. The van der Waals surface area contributed by atoms with Gasteiger partial charge in [0.15, 0.2) is 11.5 Å². The molecular weight excluding hydrogens is 278 g/mol. The molecule has 22 heavy (non-hydrogen) atoms. The number of nitrogens with zero attached hydrogens (tertiary/aromatic N) is 1. The zero-order valence-corrected chi connectivity index (χ0v) is 12.6. The minimum atomic E-state index is -0.728. The topological polar surface area (TPSA) is 81.2 Å². The molecule has 2 aromatic rings. The van der Waals surface area contributed by atoms with Gasteiger partial charge in [-0.15, -0.1) is 0 Å². The van der Waals surface area contributed by atoms with Crippen molar-refractivity contribution in [1.82, 2.24) is 4.98 Å². The Bertz CT molecular complexity index is 712. The molecule has 2 fully saturated rings. The fraction of sp³-hybridized carbons (Fsp3) is 0.529. The van der Waals surface area contributed by atoms with Crippen LogP contribution >= 0.6 is 0 Å². The summed E-state index contributed by atoms with van der Waals surface area (Å²) in [6.07, 6.45) is 7.05. The van der Waals surface area contributed by atoms with E-state index in [9.17, 15) is 4.79 Å². The summed E-state index contributed by atoms with van der Waals surface area (Å²) in [4.78, 5) is 17.0. The van der Waals surface area contributed by atoms with Gasteiger partial charge < -0.3 is 15.5 Å². The highest BCUT2D eigenvalue weighted by molar-refractivity contribution is 5.99. The Kier molecular flexibility index (Phi) is 3.18. The van der Waals surface area contributed by atoms with E-state index in [1.165, 1.54) is 6.42 Å². The molecule has 5 heteroatoms. The molecule has 0 radical (unpaired) electrons. The zero-order chi connectivity index (χ0) is 15.2. The number of hydrogen-bond acceptors (Lipinski definition) is 4. The van der Waals surface area contributed by atoms with Gasteiger partial charge in [0.25, 0.3) is 0 Å². The molecule has 0 atom stereocenters. The number of benzene rings is 1. The maximum atomic E-state index is 12.5. The standard InChI is InChI=1S/C17H21N3O2/c18-17(8-2-1-3-9-17)16(21)19-12-6-7-13-14(10-12)22-15(20-13)11-4-5-11/h6-7,10-11H,1-5,8-9,18H2,(H,19,21). The summed E-state index contributed by atoms with van der Waals surface area (Å²) in [7, 11) is 0. The summed E-state index contributed by atoms with van der Waals surface area (Å²) < 4.78 is 5.79. The quantitative estimate of drug-likeness (QED) is 0.911. The highest BCUT2D eigenvalue weighted by Crippen LogP contribution is 2.40. The molecule has 2 saturated carbocycles. The average molecular weight is 299 g/mol. The Morgan fingerprint density at radius 1 is 1.27 bits per heavy atom. The van der Waals surface area contributed by atoms with E-state index >= 15 is 0 Å². The molecule has 0 bridgehead atoms. The first-order valence-electron chi connectivity index (χ1n) is 8.15. The molecular formula is C17H21N3O2. The molecule has 116 valence electrons. The van der Waals surface area contributed by atoms with E-state index in [0.29, 0.717) is 5.92 Å². The number of amides is 1. The van der Waals surface area contributed by atoms with E-state index < -0.39 is 5.54 Å². The molecule has 1 aromatic carbocycles. The van der Waals surface area contributed by atoms with Crippen molar-refractivity contribution < 1.29 is 9.21 Å². The van der Waals surface area contributed by atoms with Crippen molar-refractivity contribution in [1.29, 1.82) is 0 Å². The van der Waals surface area contributed by atoms with E-state index in [1.54, 1.807) is 0 Å². The van der Waals surface area contributed by atoms with Crippen LogP contribution in [-0.2, 0) is 4.79 Å². The number of aromatic nitrogens is 1. The van der Waals surface area contributed by atoms with Crippen molar-refractivity contribution in [2.24, 2.45) is 5.73 Å². The number of hydrogen-bond donors (Lipinski definition) is 2. The van der Waals surface area contributed by atoms with Crippen molar-refractivity contribution in [3.63, 3.8) is 0 Å². The summed E-state index contributed by atoms with van der Waals surface area (Å²) in [6.45, 7) is 0. The second-order valence-corrected chi connectivity index (χ2v) is 6.68. The van der Waals surface area contributed by atoms with Gasteiger partial charge in [0, 0.05) is 17.7 Å². The first-order chi connectivity index (χ1) is 10.6. The average Bonchev–Trinajstić information content (AvgIpc) is 3.28. The molecule has 4 rings (SSSR count). The monoisotopic (exact) mass is 299 g/mol. The minimum absolute atomic E-state index is 0.0894. The van der Waals surface area contributed by atoms with Gasteiger partial charge >= 0.3 is 0 Å². The van der Waals surface area contributed by atoms with Crippen LogP contribution in [0.3, 0.4) is 0 Å². The van der Waals surface area contributed by atoms with Crippen molar-refractivity contribution in [3.8, 4) is 0 Å². The fourth-order valence-corrected chi connectivity index (χ4v) is 3.19. The van der Waals surface area contributed by atoms with Crippen LogP contribution in [0.25, 0.3) is 11.1 Å². The summed E-state index contributed by atoms with van der Waals surface area (Å²) in [5.74, 6) is 1.22. The van der Waals surface area contributed by atoms with E-state index in [0.717, 1.165) is 61.2 Å². The first kappa shape index (κ1) is 13.8. The third kappa shape index (κ3) is 2.50. The molecule has 3 N–H and O–H groups in total. The predicted octanol–water partition coefficient (Wildman–Crippen LogP) is 3.31. The van der Waals surface area contributed by atoms with Crippen LogP contribution in [0.1, 0.15) is 56.8 Å². The van der Waals surface area contributed by atoms with E-state index in [4.69, 9.17) is 10.2 Å². The van der Waals surface area contributed by atoms with Crippen LogP contribution in [0.4, 0.5) is 5.69 Å². The molecule has 0 spiro atoms. The molecule has 2 aliphatic rings. The maximum absolute atomic E-state index is 12.5. The third-order valence-electron chi connectivity index (χ3n) is 4.79. The van der Waals surface area contributed by atoms with Crippen LogP contribution in [0, 0.1) is 0 Å². The normalized spacial score (nSPS) is 21.0. The number of nitrogens with one attached hydrogen (secondary N) is 1. The molecule has 1 amide bonds. The van der Waals surface area contributed by atoms with Crippen molar-refractivity contribution in [3.05, 3.63) is 24.1 Å². The van der Waals surface area contributed by atoms with Gasteiger partial charge in [0.2, 0.25) is 5.91 Å². The van der Waals surface area contributed by atoms with Crippen molar-refractivity contribution >= 4 is 22.7 Å². The number of rotatable bonds is 3. The predicted molar refractivity (Wildman–Crippen MR) is 84.6 cm³/mol. The minimum Gasteiger partial charge on any atom is -0.440 e. The SMILES string of the molecule is NC1(C(=O)Nc2ccc3nc(C4CC4)oc3c2)CCCCC1. The summed E-state index contributed by atoms with van der Waals surface area (Å²) in [6, 6.07) is 5.61. The van der Waals surface area contributed by atoms with Gasteiger partial charge in [-0.3, -0.25) is 4.79 Å². The van der Waals surface area contributed by atoms with Crippen molar-refractivity contribution in [2.75, 3.05) is 5.32 Å². The largest absolute Gasteiger partial charge is 0.440 e. The number of carbonyl (C=O) groups excluding carboxylic acids is 1. The molecule has 1 heterocycles. The van der Waals surface area contributed by atoms with E-state index in [2.05, 4.69) is 10.3 Å². The van der Waals surface area contributed by atoms with Gasteiger partial charge in [-0.2, -0.15) is 0 Å². The molecule has 0 unspecified atom stereocenters. The van der Waals surface area contributed by atoms with Crippen LogP contribution in [0.5, 0.6) is 0 Å². The lowest BCUT2D eigenvalue weighted by Crippen LogP contribution is -2.52. The second-order valence-electron chi connectivity index (χ2n) is 6.68. The number of fused-ring (bicyclic) bond motifs is 1. The second kappa shape index (κ2) is 5.09. The summed E-state index contributed by atoms with van der Waals surface area (Å²) in [5, 5.41) is 2.95. The number of carbonyl (C=O) groups is 1. The van der Waals surface area contributed by atoms with E-state index in [-0.39, 0.29) is 5.91 Å². The van der Waals surface area contributed by atoms with Gasteiger partial charge in [-0.05, 0) is 37.8 Å². The van der Waals surface area contributed by atoms with E-state index in [1.807, 2.05) is 18.2 Å². The lowest BCUT2D eigenvalue weighted by Gasteiger charge is -2.31. The number of nitrogens with two attached hydrogens (primary N) is 1. The van der Waals surface area contributed by atoms with Crippen molar-refractivity contribution in [2.45, 2.75) is 56.4 Å². The molecule has 1 aromatic heterocycles. The summed E-state index contributed by atoms with van der Waals surface area (Å²) in [5.41, 5.74) is 7.85. The lowest BCUT2D eigenvalue weighted by atomic mass is 9.82. The lowest BCUT2D eigenvalue weighted by molar-refractivity contribution is -0.122. The molecule has 2 aliphatic carbocycles. The maximum Gasteiger partial charge on any atom is 0.244 e. The molecule has 0 aliphatic heterocycles. The Labute approximate surface area is 129 Å². The number of anilines is 1. The van der Waals surface area contributed by atoms with Gasteiger partial charge in [0.05, 0.1) is 5.54 Å². The molecule has 0 saturated heterocycles. The zero-order valence-electron chi connectivity index (χ0n) is 12.6. The third-order valence-corrected chi connectivity index (χ3v) is 4.79. The number of oxazole rings is 1. The van der Waals surface area contributed by atoms with Crippen LogP contribution in [0.2, 0.25) is 0 Å². The first-order valence-corrected chi connectivity index (χ1v) is 8.15. The van der Waals surface area contributed by atoms with Gasteiger partial charge in [-0.1, -0.05) is 19.3 Å². The Morgan fingerprint density at radius 3 is 2.77 bits per heavy atom. The Hall–Kier alpha value is -1.88. The van der Waals surface area contributed by atoms with Gasteiger partial charge in [0.1, 0.15) is 5.52 Å². The Morgan fingerprint density at radius 2 is 2.05 bits per heavy atom. The van der Waals surface area contributed by atoms with Crippen LogP contribution in [-0.4, -0.2) is 16.4 Å². The summed E-state index contributed by atoms with van der Waals surface area (Å²) >= 11 is 0. The van der Waals surface area contributed by atoms with Crippen LogP contribution in [0.15, 0.2) is 22.6 Å². The molecule has 5 nitrogen and oxygen atoms in total. The highest BCUT2D eigenvalue weighted by atomic mass is 16.3.